The molecule has 0 saturated heterocycles. The molecule has 0 saturated carbocycles. The highest BCUT2D eigenvalue weighted by atomic mass is 79.9. The number of hydrogen-bond donors (Lipinski definition) is 0. The molecule has 2 aromatic rings. The fourth-order valence-corrected chi connectivity index (χ4v) is 4.43. The minimum absolute atomic E-state index is 0.302. The zero-order valence-electron chi connectivity index (χ0n) is 13.2. The first kappa shape index (κ1) is 16.5. The van der Waals surface area contributed by atoms with Gasteiger partial charge in [0.05, 0.1) is 24.6 Å². The van der Waals surface area contributed by atoms with Crippen molar-refractivity contribution >= 4 is 26.0 Å². The Balaban J connectivity index is 1.98. The molecule has 0 unspecified atom stereocenters. The molecule has 0 N–H and O–H groups in total. The van der Waals surface area contributed by atoms with Gasteiger partial charge in [0.2, 0.25) is 10.0 Å². The number of rotatable bonds is 4. The largest absolute Gasteiger partial charge is 0.494 e. The van der Waals surface area contributed by atoms with E-state index >= 15 is 0 Å². The zero-order valence-corrected chi connectivity index (χ0v) is 15.6. The molecule has 124 valence electrons. The standard InChI is InChI=1S/C15H18BrN3O3S/c1-10(2)23(20,21)18-8-11-12(9-18)17-19(15(11)16)13-6-4-5-7-14(13)22-3/h4-7,10H,8-9H2,1-3H3. The first-order valence-electron chi connectivity index (χ1n) is 7.25. The van der Waals surface area contributed by atoms with Crippen molar-refractivity contribution in [2.24, 2.45) is 0 Å². The van der Waals surface area contributed by atoms with Gasteiger partial charge < -0.3 is 4.74 Å². The van der Waals surface area contributed by atoms with Gasteiger partial charge in [-0.25, -0.2) is 13.1 Å². The lowest BCUT2D eigenvalue weighted by Gasteiger charge is -2.19. The summed E-state index contributed by atoms with van der Waals surface area (Å²) in [5.41, 5.74) is 2.49. The molecule has 23 heavy (non-hydrogen) atoms. The Labute approximate surface area is 144 Å². The average Bonchev–Trinajstić information content (AvgIpc) is 3.07. The van der Waals surface area contributed by atoms with E-state index < -0.39 is 15.3 Å². The number of hydrogen-bond acceptors (Lipinski definition) is 4. The third kappa shape index (κ3) is 2.68. The molecule has 1 aliphatic rings. The second-order valence-corrected chi connectivity index (χ2v) is 8.90. The van der Waals surface area contributed by atoms with Crippen molar-refractivity contribution in [3.8, 4) is 11.4 Å². The molecule has 0 spiro atoms. The predicted molar refractivity (Wildman–Crippen MR) is 91.1 cm³/mol. The Morgan fingerprint density at radius 1 is 1.26 bits per heavy atom. The van der Waals surface area contributed by atoms with Gasteiger partial charge in [0.15, 0.2) is 0 Å². The van der Waals surface area contributed by atoms with Gasteiger partial charge in [-0.1, -0.05) is 12.1 Å². The molecule has 0 atom stereocenters. The van der Waals surface area contributed by atoms with Crippen molar-refractivity contribution in [1.82, 2.24) is 14.1 Å². The Bertz CT molecular complexity index is 846. The molecule has 2 heterocycles. The summed E-state index contributed by atoms with van der Waals surface area (Å²) in [5.74, 6) is 0.709. The fourth-order valence-electron chi connectivity index (χ4n) is 2.60. The maximum atomic E-state index is 12.3. The Morgan fingerprint density at radius 2 is 1.96 bits per heavy atom. The molecule has 1 aliphatic heterocycles. The summed E-state index contributed by atoms with van der Waals surface area (Å²) in [6.07, 6.45) is 0. The van der Waals surface area contributed by atoms with Crippen LogP contribution in [0.2, 0.25) is 0 Å². The van der Waals surface area contributed by atoms with Crippen LogP contribution in [0.1, 0.15) is 25.1 Å². The van der Waals surface area contributed by atoms with Gasteiger partial charge in [0, 0.05) is 12.1 Å². The van der Waals surface area contributed by atoms with Crippen molar-refractivity contribution in [2.45, 2.75) is 32.2 Å². The molecule has 1 aromatic heterocycles. The van der Waals surface area contributed by atoms with Crippen LogP contribution in [0.25, 0.3) is 5.69 Å². The van der Waals surface area contributed by atoms with Crippen molar-refractivity contribution in [2.75, 3.05) is 7.11 Å². The monoisotopic (exact) mass is 399 g/mol. The summed E-state index contributed by atoms with van der Waals surface area (Å²) in [6.45, 7) is 4.02. The number of sulfonamides is 1. The maximum Gasteiger partial charge on any atom is 0.217 e. The van der Waals surface area contributed by atoms with Crippen LogP contribution in [0.3, 0.4) is 0 Å². The zero-order chi connectivity index (χ0) is 16.8. The van der Waals surface area contributed by atoms with Crippen LogP contribution in [0.15, 0.2) is 28.9 Å². The van der Waals surface area contributed by atoms with E-state index in [4.69, 9.17) is 4.74 Å². The maximum absolute atomic E-state index is 12.3. The number of para-hydroxylation sites is 2. The molecule has 6 nitrogen and oxygen atoms in total. The van der Waals surface area contributed by atoms with Gasteiger partial charge in [0.25, 0.3) is 0 Å². The van der Waals surface area contributed by atoms with Gasteiger partial charge >= 0.3 is 0 Å². The van der Waals surface area contributed by atoms with Crippen molar-refractivity contribution < 1.29 is 13.2 Å². The predicted octanol–water partition coefficient (Wildman–Crippen LogP) is 2.70. The van der Waals surface area contributed by atoms with E-state index in [0.29, 0.717) is 18.8 Å². The highest BCUT2D eigenvalue weighted by molar-refractivity contribution is 9.10. The smallest absolute Gasteiger partial charge is 0.217 e. The fraction of sp³-hybridized carbons (Fsp3) is 0.400. The second kappa shape index (κ2) is 5.92. The highest BCUT2D eigenvalue weighted by Crippen LogP contribution is 2.35. The van der Waals surface area contributed by atoms with E-state index in [0.717, 1.165) is 21.5 Å². The van der Waals surface area contributed by atoms with Crippen LogP contribution in [-0.4, -0.2) is 34.9 Å². The first-order valence-corrected chi connectivity index (χ1v) is 9.54. The van der Waals surface area contributed by atoms with E-state index in [1.807, 2.05) is 24.3 Å². The molecule has 0 aliphatic carbocycles. The van der Waals surface area contributed by atoms with Crippen LogP contribution >= 0.6 is 15.9 Å². The highest BCUT2D eigenvalue weighted by Gasteiger charge is 2.35. The lowest BCUT2D eigenvalue weighted by atomic mass is 10.3. The number of methoxy groups -OCH3 is 1. The van der Waals surface area contributed by atoms with Gasteiger partial charge in [-0.15, -0.1) is 0 Å². The quantitative estimate of drug-likeness (QED) is 0.792. The van der Waals surface area contributed by atoms with Crippen molar-refractivity contribution in [3.05, 3.63) is 40.1 Å². The number of nitrogens with zero attached hydrogens (tertiary/aromatic N) is 3. The number of aromatic nitrogens is 2. The van der Waals surface area contributed by atoms with Gasteiger partial charge in [0.1, 0.15) is 16.0 Å². The SMILES string of the molecule is COc1ccccc1-n1nc2c(c1Br)CN(S(=O)(=O)C(C)C)C2. The van der Waals surface area contributed by atoms with Crippen LogP contribution in [0, 0.1) is 0 Å². The minimum atomic E-state index is -3.28. The van der Waals surface area contributed by atoms with E-state index in [-0.39, 0.29) is 0 Å². The van der Waals surface area contributed by atoms with E-state index in [1.165, 1.54) is 4.31 Å². The van der Waals surface area contributed by atoms with E-state index in [2.05, 4.69) is 21.0 Å². The summed E-state index contributed by atoms with van der Waals surface area (Å²) < 4.78 is 34.0. The lowest BCUT2D eigenvalue weighted by molar-refractivity contribution is 0.408. The Morgan fingerprint density at radius 3 is 2.57 bits per heavy atom. The summed E-state index contributed by atoms with van der Waals surface area (Å²) in [4.78, 5) is 0. The third-order valence-electron chi connectivity index (χ3n) is 3.93. The van der Waals surface area contributed by atoms with Crippen LogP contribution in [-0.2, 0) is 23.1 Å². The third-order valence-corrected chi connectivity index (χ3v) is 6.92. The van der Waals surface area contributed by atoms with Crippen LogP contribution in [0.4, 0.5) is 0 Å². The molecule has 0 amide bonds. The summed E-state index contributed by atoms with van der Waals surface area (Å²) in [6, 6.07) is 7.58. The van der Waals surface area contributed by atoms with E-state index in [9.17, 15) is 8.42 Å². The minimum Gasteiger partial charge on any atom is -0.494 e. The van der Waals surface area contributed by atoms with Gasteiger partial charge in [-0.3, -0.25) is 0 Å². The Hall–Kier alpha value is -1.38. The summed E-state index contributed by atoms with van der Waals surface area (Å²) in [5, 5.41) is 4.14. The molecule has 0 fully saturated rings. The molecule has 8 heteroatoms. The van der Waals surface area contributed by atoms with E-state index in [1.54, 1.807) is 25.6 Å². The van der Waals surface area contributed by atoms with Crippen molar-refractivity contribution in [1.29, 1.82) is 0 Å². The van der Waals surface area contributed by atoms with Crippen molar-refractivity contribution in [3.63, 3.8) is 0 Å². The molecule has 3 rings (SSSR count). The summed E-state index contributed by atoms with van der Waals surface area (Å²) in [7, 11) is -1.67. The van der Waals surface area contributed by atoms with Gasteiger partial charge in [-0.05, 0) is 41.9 Å². The number of halogens is 1. The molecule has 0 bridgehead atoms. The molecule has 1 aromatic carbocycles. The summed E-state index contributed by atoms with van der Waals surface area (Å²) >= 11 is 3.56. The average molecular weight is 400 g/mol. The molecule has 0 radical (unpaired) electrons. The number of benzene rings is 1. The number of fused-ring (bicyclic) bond motifs is 1. The normalized spacial score (nSPS) is 15.2. The first-order chi connectivity index (χ1) is 10.9. The van der Waals surface area contributed by atoms with Gasteiger partial charge in [-0.2, -0.15) is 9.40 Å². The second-order valence-electron chi connectivity index (χ2n) is 5.66. The topological polar surface area (TPSA) is 64.4 Å². The molecular formula is C15H18BrN3O3S. The number of ether oxygens (including phenoxy) is 1. The lowest BCUT2D eigenvalue weighted by Crippen LogP contribution is -2.32. The Kier molecular flexibility index (Phi) is 4.24. The molecular weight excluding hydrogens is 382 g/mol. The van der Waals surface area contributed by atoms with Crippen LogP contribution < -0.4 is 4.74 Å². The van der Waals surface area contributed by atoms with Crippen LogP contribution in [0.5, 0.6) is 5.75 Å².